The highest BCUT2D eigenvalue weighted by atomic mass is 35.5. The summed E-state index contributed by atoms with van der Waals surface area (Å²) in [7, 11) is -3.46. The van der Waals surface area contributed by atoms with Gasteiger partial charge in [-0.05, 0) is 17.7 Å². The van der Waals surface area contributed by atoms with E-state index in [1.54, 1.807) is 24.4 Å². The molecule has 1 aromatic carbocycles. The van der Waals surface area contributed by atoms with Gasteiger partial charge in [0.2, 0.25) is 10.0 Å². The van der Waals surface area contributed by atoms with E-state index in [1.165, 1.54) is 23.5 Å². The van der Waals surface area contributed by atoms with Gasteiger partial charge < -0.3 is 11.1 Å². The maximum atomic E-state index is 11.9. The minimum atomic E-state index is -3.46. The molecule has 4 N–H and O–H groups in total. The number of halogens is 1. The summed E-state index contributed by atoms with van der Waals surface area (Å²) in [5.41, 5.74) is 6.59. The van der Waals surface area contributed by atoms with Crippen LogP contribution in [0.3, 0.4) is 0 Å². The number of carbonyl (C=O) groups excluding carboxylic acids is 1. The Bertz CT molecular complexity index is 776. The summed E-state index contributed by atoms with van der Waals surface area (Å²) in [6.45, 7) is 2.64. The molecule has 7 nitrogen and oxygen atoms in total. The van der Waals surface area contributed by atoms with Crippen molar-refractivity contribution in [2.75, 3.05) is 6.54 Å². The zero-order valence-corrected chi connectivity index (χ0v) is 15.4. The van der Waals surface area contributed by atoms with Gasteiger partial charge in [-0.1, -0.05) is 19.1 Å². The average molecular weight is 391 g/mol. The maximum absolute atomic E-state index is 11.9. The minimum Gasteiger partial charge on any atom is -0.347 e. The van der Waals surface area contributed by atoms with Gasteiger partial charge in [-0.2, -0.15) is 0 Å². The summed E-state index contributed by atoms with van der Waals surface area (Å²) in [5.74, 6) is -0.287. The molecule has 2 rings (SSSR count). The Morgan fingerprint density at radius 3 is 2.50 bits per heavy atom. The van der Waals surface area contributed by atoms with Crippen LogP contribution in [0.2, 0.25) is 0 Å². The number of thiazole rings is 1. The van der Waals surface area contributed by atoms with Gasteiger partial charge in [0.15, 0.2) is 0 Å². The number of rotatable bonds is 7. The van der Waals surface area contributed by atoms with Gasteiger partial charge in [-0.25, -0.2) is 18.1 Å². The van der Waals surface area contributed by atoms with Crippen LogP contribution in [0, 0.1) is 0 Å². The molecule has 0 radical (unpaired) electrons. The van der Waals surface area contributed by atoms with Crippen molar-refractivity contribution in [2.24, 2.45) is 5.73 Å². The van der Waals surface area contributed by atoms with Crippen molar-refractivity contribution in [1.29, 1.82) is 0 Å². The molecule has 132 valence electrons. The van der Waals surface area contributed by atoms with Crippen LogP contribution in [0.5, 0.6) is 0 Å². The molecule has 0 aliphatic heterocycles. The monoisotopic (exact) mass is 390 g/mol. The molecule has 0 spiro atoms. The third kappa shape index (κ3) is 5.25. The van der Waals surface area contributed by atoms with E-state index >= 15 is 0 Å². The summed E-state index contributed by atoms with van der Waals surface area (Å²) >= 11 is 1.34. The number of aromatic nitrogens is 1. The molecule has 0 saturated heterocycles. The smallest absolute Gasteiger partial charge is 0.271 e. The number of hydrogen-bond donors (Lipinski definition) is 3. The molecule has 10 heteroatoms. The molecule has 1 heterocycles. The second-order valence-electron chi connectivity index (χ2n) is 4.66. The van der Waals surface area contributed by atoms with Gasteiger partial charge in [0, 0.05) is 25.0 Å². The zero-order valence-electron chi connectivity index (χ0n) is 13.0. The molecule has 0 aliphatic rings. The van der Waals surface area contributed by atoms with Crippen LogP contribution in [-0.2, 0) is 23.1 Å². The van der Waals surface area contributed by atoms with Gasteiger partial charge in [0.05, 0.1) is 4.90 Å². The predicted octanol–water partition coefficient (Wildman–Crippen LogP) is 1.25. The van der Waals surface area contributed by atoms with Crippen molar-refractivity contribution in [3.63, 3.8) is 0 Å². The lowest BCUT2D eigenvalue weighted by molar-refractivity contribution is 0.0946. The van der Waals surface area contributed by atoms with E-state index in [9.17, 15) is 13.2 Å². The average Bonchev–Trinajstić information content (AvgIpc) is 3.02. The van der Waals surface area contributed by atoms with Crippen molar-refractivity contribution in [3.05, 3.63) is 45.9 Å². The minimum absolute atomic E-state index is 0. The normalized spacial score (nSPS) is 10.9. The number of hydrogen-bond acceptors (Lipinski definition) is 6. The lowest BCUT2D eigenvalue weighted by Gasteiger charge is -2.07. The van der Waals surface area contributed by atoms with Gasteiger partial charge in [0.25, 0.3) is 5.91 Å². The lowest BCUT2D eigenvalue weighted by Crippen LogP contribution is -2.24. The molecule has 1 amide bonds. The first-order valence-corrected chi connectivity index (χ1v) is 9.34. The molecule has 0 atom stereocenters. The van der Waals surface area contributed by atoms with E-state index in [2.05, 4.69) is 15.0 Å². The summed E-state index contributed by atoms with van der Waals surface area (Å²) in [6.07, 6.45) is 0. The van der Waals surface area contributed by atoms with Crippen LogP contribution in [0.4, 0.5) is 0 Å². The quantitative estimate of drug-likeness (QED) is 0.658. The van der Waals surface area contributed by atoms with E-state index in [0.29, 0.717) is 23.8 Å². The van der Waals surface area contributed by atoms with E-state index in [4.69, 9.17) is 5.73 Å². The van der Waals surface area contributed by atoms with Crippen molar-refractivity contribution < 1.29 is 13.2 Å². The Balaban J connectivity index is 0.00000288. The largest absolute Gasteiger partial charge is 0.347 e. The van der Waals surface area contributed by atoms with Gasteiger partial charge in [-0.15, -0.1) is 23.7 Å². The van der Waals surface area contributed by atoms with Crippen molar-refractivity contribution >= 4 is 39.7 Å². The number of nitrogens with one attached hydrogen (secondary N) is 2. The van der Waals surface area contributed by atoms with Gasteiger partial charge >= 0.3 is 0 Å². The number of nitrogens with zero attached hydrogens (tertiary/aromatic N) is 1. The highest BCUT2D eigenvalue weighted by Crippen LogP contribution is 2.11. The number of carbonyl (C=O) groups is 1. The van der Waals surface area contributed by atoms with Gasteiger partial charge in [-0.3, -0.25) is 4.79 Å². The predicted molar refractivity (Wildman–Crippen MR) is 95.7 cm³/mol. The Hall–Kier alpha value is -1.52. The van der Waals surface area contributed by atoms with Crippen LogP contribution >= 0.6 is 23.7 Å². The van der Waals surface area contributed by atoms with E-state index < -0.39 is 10.0 Å². The summed E-state index contributed by atoms with van der Waals surface area (Å²) in [4.78, 5) is 16.2. The first kappa shape index (κ1) is 20.5. The van der Waals surface area contributed by atoms with Crippen molar-refractivity contribution in [1.82, 2.24) is 15.0 Å². The van der Waals surface area contributed by atoms with Crippen LogP contribution in [0.25, 0.3) is 0 Å². The maximum Gasteiger partial charge on any atom is 0.271 e. The molecule has 2 aromatic rings. The second-order valence-corrected chi connectivity index (χ2v) is 7.37. The molecule has 0 aliphatic carbocycles. The van der Waals surface area contributed by atoms with Crippen molar-refractivity contribution in [3.8, 4) is 0 Å². The third-order valence-corrected chi connectivity index (χ3v) is 5.41. The van der Waals surface area contributed by atoms with Crippen molar-refractivity contribution in [2.45, 2.75) is 24.9 Å². The molecule has 0 unspecified atom stereocenters. The fourth-order valence-electron chi connectivity index (χ4n) is 1.84. The highest BCUT2D eigenvalue weighted by Gasteiger charge is 2.13. The molecule has 0 fully saturated rings. The van der Waals surface area contributed by atoms with Crippen LogP contribution < -0.4 is 15.8 Å². The van der Waals surface area contributed by atoms with Gasteiger partial charge in [0.1, 0.15) is 10.7 Å². The molecule has 1 aromatic heterocycles. The first-order valence-electron chi connectivity index (χ1n) is 6.97. The lowest BCUT2D eigenvalue weighted by atomic mass is 10.2. The van der Waals surface area contributed by atoms with Crippen LogP contribution in [0.15, 0.2) is 34.5 Å². The standard InChI is InChI=1S/C14H18N4O3S2.ClH/c1-2-17-23(20,21)11-5-3-10(4-6-11)8-16-14(19)12-9-22-13(7-15)18-12;/h3-6,9,17H,2,7-8,15H2,1H3,(H,16,19);1H. The summed E-state index contributed by atoms with van der Waals surface area (Å²) < 4.78 is 26.1. The van der Waals surface area contributed by atoms with Crippen LogP contribution in [0.1, 0.15) is 28.0 Å². The molecule has 0 saturated carbocycles. The van der Waals surface area contributed by atoms with E-state index in [0.717, 1.165) is 5.56 Å². The van der Waals surface area contributed by atoms with E-state index in [-0.39, 0.29) is 29.8 Å². The van der Waals surface area contributed by atoms with E-state index in [1.807, 2.05) is 0 Å². The number of sulfonamides is 1. The fraction of sp³-hybridized carbons (Fsp3) is 0.286. The highest BCUT2D eigenvalue weighted by molar-refractivity contribution is 7.89. The topological polar surface area (TPSA) is 114 Å². The molecule has 24 heavy (non-hydrogen) atoms. The fourth-order valence-corrected chi connectivity index (χ4v) is 3.54. The third-order valence-electron chi connectivity index (χ3n) is 2.98. The SMILES string of the molecule is CCNS(=O)(=O)c1ccc(CNC(=O)c2csc(CN)n2)cc1.Cl. The summed E-state index contributed by atoms with van der Waals surface area (Å²) in [6, 6.07) is 6.34. The Morgan fingerprint density at radius 1 is 1.29 bits per heavy atom. The Kier molecular flexibility index (Phi) is 7.77. The Labute approximate surface area is 151 Å². The second kappa shape index (κ2) is 9.09. The molecular weight excluding hydrogens is 372 g/mol. The number of amides is 1. The molecule has 0 bridgehead atoms. The van der Waals surface area contributed by atoms with Crippen LogP contribution in [-0.4, -0.2) is 25.9 Å². The molecular formula is C14H19ClN4O3S2. The number of nitrogens with two attached hydrogens (primary N) is 1. The first-order chi connectivity index (χ1) is 11.0. The summed E-state index contributed by atoms with van der Waals surface area (Å²) in [5, 5.41) is 5.09. The Morgan fingerprint density at radius 2 is 1.96 bits per heavy atom. The number of benzene rings is 1. The zero-order chi connectivity index (χ0) is 16.9.